The van der Waals surface area contributed by atoms with Gasteiger partial charge in [-0.15, -0.1) is 0 Å². The van der Waals surface area contributed by atoms with E-state index in [0.29, 0.717) is 0 Å². The Balaban J connectivity index is 1.60. The van der Waals surface area contributed by atoms with Crippen LogP contribution in [0.25, 0.3) is 66.0 Å². The highest BCUT2D eigenvalue weighted by Gasteiger charge is 2.16. The van der Waals surface area contributed by atoms with Crippen molar-refractivity contribution in [2.75, 3.05) is 0 Å². The van der Waals surface area contributed by atoms with Crippen LogP contribution in [0.3, 0.4) is 0 Å². The molecule has 7 aromatic rings. The van der Waals surface area contributed by atoms with Gasteiger partial charge in [-0.3, -0.25) is 0 Å². The third kappa shape index (κ3) is 3.25. The summed E-state index contributed by atoms with van der Waals surface area (Å²) >= 11 is 0. The molecule has 1 heterocycles. The first kappa shape index (κ1) is 19.8. The molecule has 0 aliphatic carbocycles. The summed E-state index contributed by atoms with van der Waals surface area (Å²) in [6, 6.07) is 47.9. The molecule has 1 nitrogen and oxygen atoms in total. The molecule has 0 radical (unpaired) electrons. The molecule has 0 fully saturated rings. The van der Waals surface area contributed by atoms with Crippen LogP contribution in [0.15, 0.2) is 133 Å². The van der Waals surface area contributed by atoms with E-state index in [9.17, 15) is 0 Å². The monoisotopic (exact) mass is 445 g/mol. The molecule has 0 aliphatic rings. The van der Waals surface area contributed by atoms with Crippen molar-refractivity contribution in [3.8, 4) is 33.4 Å². The fourth-order valence-corrected chi connectivity index (χ4v) is 5.39. The minimum absolute atomic E-state index is 1.16. The van der Waals surface area contributed by atoms with Crippen LogP contribution in [-0.2, 0) is 0 Å². The maximum atomic E-state index is 3.77. The average Bonchev–Trinajstić information content (AvgIpc) is 3.31. The van der Waals surface area contributed by atoms with Crippen molar-refractivity contribution in [3.63, 3.8) is 0 Å². The highest BCUT2D eigenvalue weighted by atomic mass is 14.7. The largest absolute Gasteiger partial charge is 0.354 e. The van der Waals surface area contributed by atoms with E-state index in [1.54, 1.807) is 0 Å². The second-order valence-electron chi connectivity index (χ2n) is 9.06. The van der Waals surface area contributed by atoms with Crippen molar-refractivity contribution in [1.29, 1.82) is 0 Å². The molecule has 0 aliphatic heterocycles. The Kier molecular flexibility index (Phi) is 4.53. The third-order valence-electron chi connectivity index (χ3n) is 7.00. The van der Waals surface area contributed by atoms with Crippen LogP contribution in [0.5, 0.6) is 0 Å². The predicted molar refractivity (Wildman–Crippen MR) is 150 cm³/mol. The smallest absolute Gasteiger partial charge is 0.0477 e. The fourth-order valence-electron chi connectivity index (χ4n) is 5.39. The van der Waals surface area contributed by atoms with Crippen LogP contribution in [0.2, 0.25) is 0 Å². The molecular weight excluding hydrogens is 422 g/mol. The predicted octanol–water partition coefficient (Wildman–Crippen LogP) is 9.48. The minimum atomic E-state index is 1.16. The fraction of sp³-hybridized carbons (Fsp3) is 0. The van der Waals surface area contributed by atoms with Gasteiger partial charge in [0.15, 0.2) is 0 Å². The summed E-state index contributed by atoms with van der Waals surface area (Å²) in [5.41, 5.74) is 9.76. The lowest BCUT2D eigenvalue weighted by atomic mass is 9.91. The van der Waals surface area contributed by atoms with Crippen molar-refractivity contribution in [3.05, 3.63) is 133 Å². The highest BCUT2D eigenvalue weighted by molar-refractivity contribution is 6.24. The number of nitrogens with one attached hydrogen (secondary N) is 1. The summed E-state index contributed by atoms with van der Waals surface area (Å²) in [4.78, 5) is 3.77. The van der Waals surface area contributed by atoms with Crippen molar-refractivity contribution >= 4 is 32.6 Å². The SMILES string of the molecule is c1ccc(-c2cc3[nH]c4cc(-c5ccccc5)c5ccccc5c4c3cc2-c2ccccc2)cc1. The van der Waals surface area contributed by atoms with Gasteiger partial charge in [0.2, 0.25) is 0 Å². The van der Waals surface area contributed by atoms with Crippen LogP contribution >= 0.6 is 0 Å². The van der Waals surface area contributed by atoms with Gasteiger partial charge in [-0.1, -0.05) is 115 Å². The molecule has 0 saturated carbocycles. The Hall–Kier alpha value is -4.62. The summed E-state index contributed by atoms with van der Waals surface area (Å²) in [5, 5.41) is 5.10. The Bertz CT molecular complexity index is 1810. The molecule has 1 N–H and O–H groups in total. The number of rotatable bonds is 3. The molecule has 1 aromatic heterocycles. The van der Waals surface area contributed by atoms with Crippen molar-refractivity contribution < 1.29 is 0 Å². The molecule has 7 rings (SSSR count). The van der Waals surface area contributed by atoms with Crippen molar-refractivity contribution in [2.24, 2.45) is 0 Å². The first-order valence-electron chi connectivity index (χ1n) is 12.0. The molecule has 0 bridgehead atoms. The molecule has 0 atom stereocenters. The van der Waals surface area contributed by atoms with Crippen LogP contribution < -0.4 is 0 Å². The Labute approximate surface area is 204 Å². The van der Waals surface area contributed by atoms with Gasteiger partial charge in [0.05, 0.1) is 0 Å². The van der Waals surface area contributed by atoms with E-state index >= 15 is 0 Å². The molecule has 0 amide bonds. The van der Waals surface area contributed by atoms with Crippen LogP contribution in [0, 0.1) is 0 Å². The second kappa shape index (κ2) is 8.00. The maximum Gasteiger partial charge on any atom is 0.0477 e. The van der Waals surface area contributed by atoms with E-state index in [-0.39, 0.29) is 0 Å². The van der Waals surface area contributed by atoms with Crippen LogP contribution in [-0.4, -0.2) is 4.98 Å². The topological polar surface area (TPSA) is 15.8 Å². The van der Waals surface area contributed by atoms with Crippen LogP contribution in [0.4, 0.5) is 0 Å². The normalized spacial score (nSPS) is 11.4. The highest BCUT2D eigenvalue weighted by Crippen LogP contribution is 2.42. The lowest BCUT2D eigenvalue weighted by Gasteiger charge is -2.12. The van der Waals surface area contributed by atoms with E-state index < -0.39 is 0 Å². The summed E-state index contributed by atoms with van der Waals surface area (Å²) in [5.74, 6) is 0. The Morgan fingerprint density at radius 1 is 0.343 bits per heavy atom. The zero-order chi connectivity index (χ0) is 23.2. The van der Waals surface area contributed by atoms with Gasteiger partial charge in [-0.2, -0.15) is 0 Å². The summed E-state index contributed by atoms with van der Waals surface area (Å²) in [7, 11) is 0. The molecule has 6 aromatic carbocycles. The van der Waals surface area contributed by atoms with Crippen LogP contribution in [0.1, 0.15) is 0 Å². The van der Waals surface area contributed by atoms with Gasteiger partial charge in [0.25, 0.3) is 0 Å². The number of H-pyrrole nitrogens is 1. The lowest BCUT2D eigenvalue weighted by Crippen LogP contribution is -1.86. The molecule has 0 unspecified atom stereocenters. The summed E-state index contributed by atoms with van der Waals surface area (Å²) < 4.78 is 0. The average molecular weight is 446 g/mol. The van der Waals surface area contributed by atoms with E-state index in [2.05, 4.69) is 138 Å². The number of hydrogen-bond acceptors (Lipinski definition) is 0. The Morgan fingerprint density at radius 2 is 0.800 bits per heavy atom. The number of aromatic amines is 1. The number of benzene rings is 6. The van der Waals surface area contributed by atoms with Gasteiger partial charge in [-0.25, -0.2) is 0 Å². The zero-order valence-electron chi connectivity index (χ0n) is 19.2. The van der Waals surface area contributed by atoms with E-state index in [1.165, 1.54) is 60.4 Å². The number of hydrogen-bond donors (Lipinski definition) is 1. The summed E-state index contributed by atoms with van der Waals surface area (Å²) in [6.07, 6.45) is 0. The van der Waals surface area contributed by atoms with E-state index in [1.807, 2.05) is 0 Å². The van der Waals surface area contributed by atoms with E-state index in [0.717, 1.165) is 5.52 Å². The van der Waals surface area contributed by atoms with Gasteiger partial charge in [0.1, 0.15) is 0 Å². The molecule has 0 saturated heterocycles. The van der Waals surface area contributed by atoms with Gasteiger partial charge in [0, 0.05) is 21.8 Å². The van der Waals surface area contributed by atoms with Crippen molar-refractivity contribution in [1.82, 2.24) is 4.98 Å². The van der Waals surface area contributed by atoms with Gasteiger partial charge in [-0.05, 0) is 62.4 Å². The third-order valence-corrected chi connectivity index (χ3v) is 7.00. The number of aromatic nitrogens is 1. The first-order valence-corrected chi connectivity index (χ1v) is 12.0. The standard InChI is InChI=1S/C34H23N/c1-4-12-23(13-5-1)28-20-31-32(21-30(28)25-16-8-3-9-17-25)35-33-22-29(24-14-6-2-7-15-24)26-18-10-11-19-27(26)34(31)33/h1-22,35H. The minimum Gasteiger partial charge on any atom is -0.354 e. The summed E-state index contributed by atoms with van der Waals surface area (Å²) in [6.45, 7) is 0. The Morgan fingerprint density at radius 3 is 1.40 bits per heavy atom. The number of fused-ring (bicyclic) bond motifs is 5. The lowest BCUT2D eigenvalue weighted by molar-refractivity contribution is 1.53. The molecule has 164 valence electrons. The van der Waals surface area contributed by atoms with Gasteiger partial charge >= 0.3 is 0 Å². The molecule has 35 heavy (non-hydrogen) atoms. The van der Waals surface area contributed by atoms with Gasteiger partial charge < -0.3 is 4.98 Å². The van der Waals surface area contributed by atoms with Crippen molar-refractivity contribution in [2.45, 2.75) is 0 Å². The zero-order valence-corrected chi connectivity index (χ0v) is 19.2. The molecule has 1 heteroatoms. The first-order chi connectivity index (χ1) is 17.4. The second-order valence-corrected chi connectivity index (χ2v) is 9.06. The van der Waals surface area contributed by atoms with E-state index in [4.69, 9.17) is 0 Å². The quantitative estimate of drug-likeness (QED) is 0.279. The molecular formula is C34H23N. The maximum absolute atomic E-state index is 3.77. The molecule has 0 spiro atoms.